The predicted molar refractivity (Wildman–Crippen MR) is 66.6 cm³/mol. The highest BCUT2D eigenvalue weighted by Crippen LogP contribution is 2.31. The first-order valence-electron chi connectivity index (χ1n) is 5.60. The Morgan fingerprint density at radius 2 is 2.12 bits per heavy atom. The van der Waals surface area contributed by atoms with Crippen LogP contribution in [0.1, 0.15) is 20.3 Å². The van der Waals surface area contributed by atoms with Gasteiger partial charge in [-0.2, -0.15) is 0 Å². The Bertz CT molecular complexity index is 382. The zero-order valence-corrected chi connectivity index (χ0v) is 10.4. The zero-order chi connectivity index (χ0) is 11.7. The number of aromatic nitrogens is 2. The molecule has 1 aromatic rings. The lowest BCUT2D eigenvalue weighted by Gasteiger charge is -2.36. The first-order chi connectivity index (χ1) is 7.59. The van der Waals surface area contributed by atoms with Crippen LogP contribution in [-0.4, -0.2) is 23.1 Å². The summed E-state index contributed by atoms with van der Waals surface area (Å²) in [6, 6.07) is 0. The van der Waals surface area contributed by atoms with E-state index in [9.17, 15) is 0 Å². The first kappa shape index (κ1) is 11.5. The van der Waals surface area contributed by atoms with E-state index in [-0.39, 0.29) is 0 Å². The van der Waals surface area contributed by atoms with Crippen LogP contribution in [0.3, 0.4) is 0 Å². The Labute approximate surface area is 101 Å². The summed E-state index contributed by atoms with van der Waals surface area (Å²) in [5.74, 6) is 2.19. The molecule has 0 amide bonds. The minimum Gasteiger partial charge on any atom is -0.393 e. The molecule has 5 heteroatoms. The molecule has 2 heterocycles. The maximum absolute atomic E-state index is 5.90. The SMILES string of the molecule is CC1CCN(c2ncnc(Cl)c2N)CC1C. The van der Waals surface area contributed by atoms with Gasteiger partial charge in [0.15, 0.2) is 11.0 Å². The maximum Gasteiger partial charge on any atom is 0.157 e. The Hall–Kier alpha value is -1.03. The van der Waals surface area contributed by atoms with Crippen LogP contribution in [0.2, 0.25) is 5.15 Å². The summed E-state index contributed by atoms with van der Waals surface area (Å²) in [4.78, 5) is 10.3. The minimum atomic E-state index is 0.344. The van der Waals surface area contributed by atoms with E-state index in [0.29, 0.717) is 16.8 Å². The Balaban J connectivity index is 2.22. The van der Waals surface area contributed by atoms with Crippen molar-refractivity contribution in [2.45, 2.75) is 20.3 Å². The zero-order valence-electron chi connectivity index (χ0n) is 9.65. The summed E-state index contributed by atoms with van der Waals surface area (Å²) >= 11 is 5.90. The molecule has 1 fully saturated rings. The lowest BCUT2D eigenvalue weighted by molar-refractivity contribution is 0.323. The van der Waals surface area contributed by atoms with Gasteiger partial charge in [-0.05, 0) is 18.3 Å². The second kappa shape index (κ2) is 4.45. The normalized spacial score (nSPS) is 25.8. The molecule has 4 nitrogen and oxygen atoms in total. The molecule has 2 rings (SSSR count). The Kier molecular flexibility index (Phi) is 3.19. The van der Waals surface area contributed by atoms with Crippen LogP contribution < -0.4 is 10.6 Å². The van der Waals surface area contributed by atoms with E-state index in [1.807, 2.05) is 0 Å². The summed E-state index contributed by atoms with van der Waals surface area (Å²) in [7, 11) is 0. The molecule has 0 aromatic carbocycles. The van der Waals surface area contributed by atoms with Gasteiger partial charge in [0.1, 0.15) is 12.0 Å². The highest BCUT2D eigenvalue weighted by atomic mass is 35.5. The summed E-state index contributed by atoms with van der Waals surface area (Å²) in [6.07, 6.45) is 2.64. The lowest BCUT2D eigenvalue weighted by Crippen LogP contribution is -2.39. The van der Waals surface area contributed by atoms with Crippen molar-refractivity contribution >= 4 is 23.1 Å². The molecule has 0 saturated carbocycles. The van der Waals surface area contributed by atoms with Gasteiger partial charge in [0.05, 0.1) is 0 Å². The average Bonchev–Trinajstić information content (AvgIpc) is 2.26. The second-order valence-electron chi connectivity index (χ2n) is 4.59. The number of nitrogen functional groups attached to an aromatic ring is 1. The van der Waals surface area contributed by atoms with Crippen molar-refractivity contribution in [3.05, 3.63) is 11.5 Å². The molecule has 1 aromatic heterocycles. The number of piperidine rings is 1. The van der Waals surface area contributed by atoms with E-state index in [2.05, 4.69) is 28.7 Å². The molecule has 0 radical (unpaired) electrons. The van der Waals surface area contributed by atoms with Crippen molar-refractivity contribution in [2.24, 2.45) is 11.8 Å². The molecular formula is C11H17ClN4. The monoisotopic (exact) mass is 240 g/mol. The van der Waals surface area contributed by atoms with Gasteiger partial charge < -0.3 is 10.6 Å². The summed E-state index contributed by atoms with van der Waals surface area (Å²) in [5, 5.41) is 0.344. The molecule has 1 saturated heterocycles. The minimum absolute atomic E-state index is 0.344. The summed E-state index contributed by atoms with van der Waals surface area (Å²) in [6.45, 7) is 6.52. The molecule has 2 N–H and O–H groups in total. The number of hydrogen-bond acceptors (Lipinski definition) is 4. The van der Waals surface area contributed by atoms with Gasteiger partial charge in [-0.15, -0.1) is 0 Å². The maximum atomic E-state index is 5.90. The highest BCUT2D eigenvalue weighted by molar-refractivity contribution is 6.32. The summed E-state index contributed by atoms with van der Waals surface area (Å²) in [5.41, 5.74) is 6.39. The fourth-order valence-electron chi connectivity index (χ4n) is 2.07. The average molecular weight is 241 g/mol. The van der Waals surface area contributed by atoms with Crippen LogP contribution in [0.25, 0.3) is 0 Å². The highest BCUT2D eigenvalue weighted by Gasteiger charge is 2.25. The van der Waals surface area contributed by atoms with Crippen molar-refractivity contribution in [3.63, 3.8) is 0 Å². The van der Waals surface area contributed by atoms with E-state index in [1.165, 1.54) is 12.7 Å². The molecule has 88 valence electrons. The number of nitrogens with zero attached hydrogens (tertiary/aromatic N) is 3. The number of hydrogen-bond donors (Lipinski definition) is 1. The van der Waals surface area contributed by atoms with Crippen molar-refractivity contribution < 1.29 is 0 Å². The van der Waals surface area contributed by atoms with Crippen molar-refractivity contribution in [3.8, 4) is 0 Å². The second-order valence-corrected chi connectivity index (χ2v) is 4.95. The van der Waals surface area contributed by atoms with E-state index in [1.54, 1.807) is 0 Å². The smallest absolute Gasteiger partial charge is 0.157 e. The van der Waals surface area contributed by atoms with Crippen LogP contribution in [0.5, 0.6) is 0 Å². The third-order valence-electron chi connectivity index (χ3n) is 3.45. The van der Waals surface area contributed by atoms with Crippen molar-refractivity contribution in [1.82, 2.24) is 9.97 Å². The first-order valence-corrected chi connectivity index (χ1v) is 5.98. The fraction of sp³-hybridized carbons (Fsp3) is 0.636. The van der Waals surface area contributed by atoms with Crippen LogP contribution in [0.15, 0.2) is 6.33 Å². The number of halogens is 1. The molecule has 0 bridgehead atoms. The standard InChI is InChI=1S/C11H17ClN4/c1-7-3-4-16(5-8(7)2)11-9(13)10(12)14-6-15-11/h6-8H,3-5,13H2,1-2H3. The molecular weight excluding hydrogens is 224 g/mol. The van der Waals surface area contributed by atoms with E-state index in [4.69, 9.17) is 17.3 Å². The van der Waals surface area contributed by atoms with Crippen LogP contribution in [-0.2, 0) is 0 Å². The molecule has 0 spiro atoms. The van der Waals surface area contributed by atoms with Gasteiger partial charge in [-0.1, -0.05) is 25.4 Å². The molecule has 2 unspecified atom stereocenters. The molecule has 1 aliphatic heterocycles. The van der Waals surface area contributed by atoms with Gasteiger partial charge in [0.25, 0.3) is 0 Å². The molecule has 0 aliphatic carbocycles. The molecule has 16 heavy (non-hydrogen) atoms. The van der Waals surface area contributed by atoms with Crippen LogP contribution in [0, 0.1) is 11.8 Å². The lowest BCUT2D eigenvalue weighted by atomic mass is 9.89. The van der Waals surface area contributed by atoms with Gasteiger partial charge >= 0.3 is 0 Å². The van der Waals surface area contributed by atoms with Gasteiger partial charge in [0.2, 0.25) is 0 Å². The van der Waals surface area contributed by atoms with Crippen LogP contribution >= 0.6 is 11.6 Å². The number of anilines is 2. The van der Waals surface area contributed by atoms with Crippen molar-refractivity contribution in [2.75, 3.05) is 23.7 Å². The molecule has 1 aliphatic rings. The van der Waals surface area contributed by atoms with E-state index in [0.717, 1.165) is 24.8 Å². The quantitative estimate of drug-likeness (QED) is 0.765. The number of nitrogens with two attached hydrogens (primary N) is 1. The number of rotatable bonds is 1. The van der Waals surface area contributed by atoms with Crippen LogP contribution in [0.4, 0.5) is 11.5 Å². The van der Waals surface area contributed by atoms with E-state index >= 15 is 0 Å². The van der Waals surface area contributed by atoms with Crippen molar-refractivity contribution in [1.29, 1.82) is 0 Å². The Morgan fingerprint density at radius 3 is 2.81 bits per heavy atom. The Morgan fingerprint density at radius 1 is 1.38 bits per heavy atom. The topological polar surface area (TPSA) is 55.0 Å². The van der Waals surface area contributed by atoms with Gasteiger partial charge in [-0.3, -0.25) is 0 Å². The predicted octanol–water partition coefficient (Wildman–Crippen LogP) is 2.19. The largest absolute Gasteiger partial charge is 0.393 e. The third-order valence-corrected chi connectivity index (χ3v) is 3.75. The fourth-order valence-corrected chi connectivity index (χ4v) is 2.20. The molecule has 2 atom stereocenters. The summed E-state index contributed by atoms with van der Waals surface area (Å²) < 4.78 is 0. The van der Waals surface area contributed by atoms with E-state index < -0.39 is 0 Å². The third kappa shape index (κ3) is 2.07. The van der Waals surface area contributed by atoms with Gasteiger partial charge in [-0.25, -0.2) is 9.97 Å². The van der Waals surface area contributed by atoms with Gasteiger partial charge in [0, 0.05) is 13.1 Å².